The Balaban J connectivity index is 1.37. The predicted octanol–water partition coefficient (Wildman–Crippen LogP) is 3.70. The highest BCUT2D eigenvalue weighted by molar-refractivity contribution is 7.09. The van der Waals surface area contributed by atoms with Gasteiger partial charge < -0.3 is 14.1 Å². The molecule has 0 radical (unpaired) electrons. The van der Waals surface area contributed by atoms with Crippen LogP contribution in [0.25, 0.3) is 11.1 Å². The largest absolute Gasteiger partial charge is 0.573 e. The number of anilines is 1. The van der Waals surface area contributed by atoms with Crippen LogP contribution >= 0.6 is 11.5 Å². The van der Waals surface area contributed by atoms with Gasteiger partial charge in [-0.25, -0.2) is 4.98 Å². The number of carbonyl (C=O) groups is 1. The second kappa shape index (κ2) is 9.27. The van der Waals surface area contributed by atoms with E-state index in [1.165, 1.54) is 30.5 Å². The van der Waals surface area contributed by atoms with Gasteiger partial charge in [-0.15, -0.1) is 13.2 Å². The first-order valence-electron chi connectivity index (χ1n) is 9.75. The van der Waals surface area contributed by atoms with Crippen molar-refractivity contribution in [1.29, 1.82) is 0 Å². The molecule has 0 unspecified atom stereocenters. The van der Waals surface area contributed by atoms with Crippen LogP contribution in [0.4, 0.5) is 18.3 Å². The van der Waals surface area contributed by atoms with Crippen molar-refractivity contribution >= 4 is 22.6 Å². The summed E-state index contributed by atoms with van der Waals surface area (Å²) in [5, 5.41) is 2.99. The third kappa shape index (κ3) is 5.84. The maximum atomic E-state index is 12.5. The Morgan fingerprint density at radius 1 is 1.22 bits per heavy atom. The van der Waals surface area contributed by atoms with E-state index in [0.717, 1.165) is 37.7 Å². The van der Waals surface area contributed by atoms with Crippen LogP contribution in [-0.2, 0) is 6.54 Å². The second-order valence-electron chi connectivity index (χ2n) is 7.32. The number of likely N-dealkylation sites (N-methyl/N-ethyl adjacent to an activating group) is 1. The first kappa shape index (κ1) is 22.2. The molecule has 1 fully saturated rings. The molecule has 3 heterocycles. The van der Waals surface area contributed by atoms with Crippen molar-refractivity contribution in [3.8, 4) is 16.9 Å². The maximum Gasteiger partial charge on any atom is 0.573 e. The highest BCUT2D eigenvalue weighted by Gasteiger charge is 2.31. The van der Waals surface area contributed by atoms with E-state index in [2.05, 4.69) is 36.3 Å². The lowest BCUT2D eigenvalue weighted by molar-refractivity contribution is -0.274. The van der Waals surface area contributed by atoms with Crippen molar-refractivity contribution < 1.29 is 27.1 Å². The van der Waals surface area contributed by atoms with Crippen molar-refractivity contribution in [1.82, 2.24) is 19.2 Å². The number of hydrogen-bond donors (Lipinski definition) is 1. The topological polar surface area (TPSA) is 83.7 Å². The Labute approximate surface area is 185 Å². The number of alkyl halides is 3. The molecular formula is C20H20F3N5O3S. The van der Waals surface area contributed by atoms with Crippen LogP contribution in [0.3, 0.4) is 0 Å². The van der Waals surface area contributed by atoms with E-state index < -0.39 is 12.3 Å². The fraction of sp³-hybridized carbons (Fsp3) is 0.350. The summed E-state index contributed by atoms with van der Waals surface area (Å²) in [6.45, 7) is 4.45. The molecule has 32 heavy (non-hydrogen) atoms. The standard InChI is InChI=1S/C20H20F3N5O3S/c1-27-5-7-28(8-6-27)11-17-24-19(32-26-17)25-18(29)16-10-14(12-30-16)13-3-2-4-15(9-13)31-20(21,22)23/h2-4,9-10,12H,5-8,11H2,1H3,(H,24,25,26,29). The van der Waals surface area contributed by atoms with Gasteiger partial charge in [0.2, 0.25) is 5.13 Å². The summed E-state index contributed by atoms with van der Waals surface area (Å²) in [5.74, 6) is -0.250. The molecule has 2 aromatic heterocycles. The number of benzene rings is 1. The average Bonchev–Trinajstić information content (AvgIpc) is 3.39. The minimum absolute atomic E-state index is 0.00189. The highest BCUT2D eigenvalue weighted by atomic mass is 32.1. The molecule has 0 aliphatic carbocycles. The van der Waals surface area contributed by atoms with Crippen LogP contribution in [0.2, 0.25) is 0 Å². The number of nitrogens with one attached hydrogen (secondary N) is 1. The van der Waals surface area contributed by atoms with Crippen LogP contribution in [-0.4, -0.2) is 64.7 Å². The van der Waals surface area contributed by atoms with E-state index in [4.69, 9.17) is 4.42 Å². The van der Waals surface area contributed by atoms with Crippen LogP contribution in [0.15, 0.2) is 41.0 Å². The van der Waals surface area contributed by atoms with Crippen LogP contribution in [0, 0.1) is 0 Å². The maximum absolute atomic E-state index is 12.5. The third-order valence-electron chi connectivity index (χ3n) is 4.87. The highest BCUT2D eigenvalue weighted by Crippen LogP contribution is 2.29. The van der Waals surface area contributed by atoms with E-state index >= 15 is 0 Å². The monoisotopic (exact) mass is 467 g/mol. The predicted molar refractivity (Wildman–Crippen MR) is 111 cm³/mol. The van der Waals surface area contributed by atoms with Gasteiger partial charge in [-0.3, -0.25) is 15.0 Å². The number of nitrogens with zero attached hydrogens (tertiary/aromatic N) is 4. The fourth-order valence-electron chi connectivity index (χ4n) is 3.21. The molecule has 0 spiro atoms. The van der Waals surface area contributed by atoms with Crippen molar-refractivity contribution in [3.05, 3.63) is 48.2 Å². The van der Waals surface area contributed by atoms with E-state index in [0.29, 0.717) is 28.6 Å². The lowest BCUT2D eigenvalue weighted by atomic mass is 10.1. The molecule has 1 saturated heterocycles. The first-order chi connectivity index (χ1) is 15.2. The second-order valence-corrected chi connectivity index (χ2v) is 8.08. The minimum Gasteiger partial charge on any atom is -0.459 e. The molecular weight excluding hydrogens is 447 g/mol. The smallest absolute Gasteiger partial charge is 0.459 e. The van der Waals surface area contributed by atoms with Gasteiger partial charge in [0.15, 0.2) is 11.6 Å². The Hall–Kier alpha value is -2.96. The van der Waals surface area contributed by atoms with Crippen molar-refractivity contribution in [2.75, 3.05) is 38.5 Å². The summed E-state index contributed by atoms with van der Waals surface area (Å²) in [5.41, 5.74) is 0.857. The van der Waals surface area contributed by atoms with Crippen LogP contribution in [0.5, 0.6) is 5.75 Å². The molecule has 4 rings (SSSR count). The quantitative estimate of drug-likeness (QED) is 0.592. The van der Waals surface area contributed by atoms with Gasteiger partial charge in [0, 0.05) is 43.3 Å². The summed E-state index contributed by atoms with van der Waals surface area (Å²) in [6.07, 6.45) is -3.49. The molecule has 1 N–H and O–H groups in total. The molecule has 1 aliphatic heterocycles. The number of carbonyl (C=O) groups excluding carboxylic acids is 1. The molecule has 1 aliphatic rings. The van der Waals surface area contributed by atoms with E-state index in [-0.39, 0.29) is 11.5 Å². The molecule has 0 bridgehead atoms. The lowest BCUT2D eigenvalue weighted by Gasteiger charge is -2.31. The number of amides is 1. The first-order valence-corrected chi connectivity index (χ1v) is 10.5. The van der Waals surface area contributed by atoms with E-state index in [1.807, 2.05) is 0 Å². The normalized spacial score (nSPS) is 15.6. The van der Waals surface area contributed by atoms with Gasteiger partial charge in [-0.2, -0.15) is 4.37 Å². The Morgan fingerprint density at radius 3 is 2.75 bits per heavy atom. The zero-order valence-electron chi connectivity index (χ0n) is 17.1. The Bertz CT molecular complexity index is 1080. The number of aromatic nitrogens is 2. The molecule has 1 aromatic carbocycles. The molecule has 0 atom stereocenters. The summed E-state index contributed by atoms with van der Waals surface area (Å²) in [6, 6.07) is 6.86. The van der Waals surface area contributed by atoms with Crippen molar-refractivity contribution in [2.45, 2.75) is 12.9 Å². The fourth-order valence-corrected chi connectivity index (χ4v) is 3.79. The van der Waals surface area contributed by atoms with Gasteiger partial charge in [0.05, 0.1) is 12.8 Å². The zero-order valence-corrected chi connectivity index (χ0v) is 17.9. The average molecular weight is 467 g/mol. The summed E-state index contributed by atoms with van der Waals surface area (Å²) < 4.78 is 50.8. The number of rotatable bonds is 6. The van der Waals surface area contributed by atoms with Gasteiger partial charge in [-0.05, 0) is 30.8 Å². The van der Waals surface area contributed by atoms with Crippen molar-refractivity contribution in [2.24, 2.45) is 0 Å². The number of piperazine rings is 1. The van der Waals surface area contributed by atoms with Gasteiger partial charge in [-0.1, -0.05) is 12.1 Å². The Morgan fingerprint density at radius 2 is 2.00 bits per heavy atom. The summed E-state index contributed by atoms with van der Waals surface area (Å²) in [7, 11) is 2.08. The minimum atomic E-state index is -4.79. The molecule has 170 valence electrons. The van der Waals surface area contributed by atoms with Gasteiger partial charge in [0.25, 0.3) is 5.91 Å². The number of ether oxygens (including phenoxy) is 1. The summed E-state index contributed by atoms with van der Waals surface area (Å²) >= 11 is 1.08. The number of halogens is 3. The van der Waals surface area contributed by atoms with E-state index in [1.54, 1.807) is 6.07 Å². The molecule has 8 nitrogen and oxygen atoms in total. The number of hydrogen-bond acceptors (Lipinski definition) is 8. The lowest BCUT2D eigenvalue weighted by Crippen LogP contribution is -2.44. The molecule has 1 amide bonds. The third-order valence-corrected chi connectivity index (χ3v) is 5.54. The molecule has 12 heteroatoms. The SMILES string of the molecule is CN1CCN(Cc2nsc(NC(=O)c3cc(-c4cccc(OC(F)(F)F)c4)co3)n2)CC1. The van der Waals surface area contributed by atoms with Crippen molar-refractivity contribution in [3.63, 3.8) is 0 Å². The zero-order chi connectivity index (χ0) is 22.7. The molecule has 3 aromatic rings. The molecule has 0 saturated carbocycles. The van der Waals surface area contributed by atoms with Crippen LogP contribution < -0.4 is 10.1 Å². The summed E-state index contributed by atoms with van der Waals surface area (Å²) in [4.78, 5) is 21.4. The van der Waals surface area contributed by atoms with Gasteiger partial charge in [0.1, 0.15) is 5.75 Å². The van der Waals surface area contributed by atoms with Gasteiger partial charge >= 0.3 is 6.36 Å². The number of furan rings is 1. The Kier molecular flexibility index (Phi) is 6.44. The van der Waals surface area contributed by atoms with Crippen LogP contribution in [0.1, 0.15) is 16.4 Å². The van der Waals surface area contributed by atoms with E-state index in [9.17, 15) is 18.0 Å².